The summed E-state index contributed by atoms with van der Waals surface area (Å²) in [6, 6.07) is 15.9. The summed E-state index contributed by atoms with van der Waals surface area (Å²) >= 11 is 0. The van der Waals surface area contributed by atoms with Crippen LogP contribution in [-0.4, -0.2) is 33.7 Å². The largest absolute Gasteiger partial charge is 0.478 e. The number of aromatic nitrogens is 2. The van der Waals surface area contributed by atoms with Gasteiger partial charge in [-0.05, 0) is 60.7 Å². The van der Waals surface area contributed by atoms with E-state index < -0.39 is 5.97 Å². The molecule has 0 fully saturated rings. The molecule has 3 aromatic carbocycles. The Bertz CT molecular complexity index is 1280. The summed E-state index contributed by atoms with van der Waals surface area (Å²) in [7, 11) is 0. The topological polar surface area (TPSA) is 89.5 Å². The van der Waals surface area contributed by atoms with Gasteiger partial charge in [0.15, 0.2) is 0 Å². The summed E-state index contributed by atoms with van der Waals surface area (Å²) in [6.45, 7) is 0.0443. The van der Waals surface area contributed by atoms with Crippen LogP contribution >= 0.6 is 0 Å². The summed E-state index contributed by atoms with van der Waals surface area (Å²) in [5.41, 5.74) is 3.53. The molecule has 1 aromatic heterocycles. The van der Waals surface area contributed by atoms with E-state index in [9.17, 15) is 14.0 Å². The smallest absolute Gasteiger partial charge is 0.335 e. The van der Waals surface area contributed by atoms with Gasteiger partial charge in [0, 0.05) is 16.8 Å². The molecule has 0 saturated heterocycles. The molecule has 1 aliphatic rings. The van der Waals surface area contributed by atoms with Crippen LogP contribution in [0.5, 0.6) is 0 Å². The Hall–Kier alpha value is -4.20. The van der Waals surface area contributed by atoms with Crippen molar-refractivity contribution in [3.05, 3.63) is 78.2 Å². The zero-order valence-electron chi connectivity index (χ0n) is 15.5. The maximum Gasteiger partial charge on any atom is 0.335 e. The highest BCUT2D eigenvalue weighted by Crippen LogP contribution is 2.43. The number of H-pyrrole nitrogens is 1. The maximum absolute atomic E-state index is 13.4. The van der Waals surface area contributed by atoms with E-state index in [0.717, 1.165) is 16.6 Å². The third kappa shape index (κ3) is 2.86. The molecular weight excluding hydrogens is 387 g/mol. The average molecular weight is 402 g/mol. The van der Waals surface area contributed by atoms with Crippen molar-refractivity contribution >= 4 is 45.5 Å². The number of halogens is 1. The molecule has 0 saturated carbocycles. The Morgan fingerprint density at radius 2 is 1.70 bits per heavy atom. The fourth-order valence-corrected chi connectivity index (χ4v) is 3.68. The number of aromatic carboxylic acids is 1. The lowest BCUT2D eigenvalue weighted by atomic mass is 10.1. The van der Waals surface area contributed by atoms with E-state index in [2.05, 4.69) is 10.2 Å². The van der Waals surface area contributed by atoms with E-state index in [1.165, 1.54) is 24.3 Å². The van der Waals surface area contributed by atoms with Crippen molar-refractivity contribution < 1.29 is 19.1 Å². The molecule has 0 aliphatic carbocycles. The van der Waals surface area contributed by atoms with Crippen LogP contribution in [0, 0.1) is 5.82 Å². The number of carboxylic acids is 1. The Labute approximate surface area is 170 Å². The van der Waals surface area contributed by atoms with Crippen molar-refractivity contribution in [2.24, 2.45) is 0 Å². The number of benzene rings is 3. The number of carboxylic acid groups (broad SMARTS) is 1. The van der Waals surface area contributed by atoms with Gasteiger partial charge in [-0.15, -0.1) is 0 Å². The number of nitrogens with one attached hydrogen (secondary N) is 1. The third-order valence-electron chi connectivity index (χ3n) is 5.12. The highest BCUT2D eigenvalue weighted by Gasteiger charge is 2.32. The van der Waals surface area contributed by atoms with Crippen molar-refractivity contribution in [3.63, 3.8) is 0 Å². The van der Waals surface area contributed by atoms with Gasteiger partial charge >= 0.3 is 5.97 Å². The minimum Gasteiger partial charge on any atom is -0.478 e. The molecule has 8 heteroatoms. The molecule has 2 N–H and O–H groups in total. The van der Waals surface area contributed by atoms with Crippen LogP contribution < -0.4 is 9.80 Å². The van der Waals surface area contributed by atoms with E-state index in [-0.39, 0.29) is 23.8 Å². The van der Waals surface area contributed by atoms with E-state index in [0.29, 0.717) is 17.1 Å². The predicted molar refractivity (Wildman–Crippen MR) is 110 cm³/mol. The predicted octanol–water partition coefficient (Wildman–Crippen LogP) is 4.22. The van der Waals surface area contributed by atoms with E-state index >= 15 is 0 Å². The van der Waals surface area contributed by atoms with Crippen LogP contribution in [0.3, 0.4) is 0 Å². The molecule has 30 heavy (non-hydrogen) atoms. The summed E-state index contributed by atoms with van der Waals surface area (Å²) in [6.07, 6.45) is 1.70. The number of carbonyl (C=O) groups excluding carboxylic acids is 1. The maximum atomic E-state index is 13.4. The van der Waals surface area contributed by atoms with E-state index in [1.54, 1.807) is 35.4 Å². The van der Waals surface area contributed by atoms with Gasteiger partial charge in [0.05, 0.1) is 28.7 Å². The lowest BCUT2D eigenvalue weighted by Gasteiger charge is -2.37. The van der Waals surface area contributed by atoms with Gasteiger partial charge < -0.3 is 10.0 Å². The van der Waals surface area contributed by atoms with Gasteiger partial charge in [0.25, 0.3) is 5.91 Å². The van der Waals surface area contributed by atoms with Crippen LogP contribution in [0.15, 0.2) is 66.9 Å². The summed E-state index contributed by atoms with van der Waals surface area (Å²) < 4.78 is 13.4. The molecule has 7 nitrogen and oxygen atoms in total. The SMILES string of the molecule is O=C(O)c1ccc(N2C(=O)CN(c3ccc(F)cc3)c3cc4cn[nH]c4cc32)cc1. The second-order valence-electron chi connectivity index (χ2n) is 6.94. The molecule has 0 spiro atoms. The molecule has 148 valence electrons. The van der Waals surface area contributed by atoms with Gasteiger partial charge in [-0.3, -0.25) is 14.8 Å². The fourth-order valence-electron chi connectivity index (χ4n) is 3.68. The first-order chi connectivity index (χ1) is 14.5. The van der Waals surface area contributed by atoms with Crippen molar-refractivity contribution in [1.29, 1.82) is 0 Å². The lowest BCUT2D eigenvalue weighted by Crippen LogP contribution is -2.41. The number of hydrogen-bond acceptors (Lipinski definition) is 4. The minimum absolute atomic E-state index is 0.0443. The Balaban J connectivity index is 1.68. The molecule has 1 aliphatic heterocycles. The highest BCUT2D eigenvalue weighted by atomic mass is 19.1. The minimum atomic E-state index is -1.03. The normalized spacial score (nSPS) is 13.6. The molecule has 0 radical (unpaired) electrons. The summed E-state index contributed by atoms with van der Waals surface area (Å²) in [5.74, 6) is -1.59. The molecule has 5 rings (SSSR count). The number of rotatable bonds is 3. The third-order valence-corrected chi connectivity index (χ3v) is 5.12. The monoisotopic (exact) mass is 402 g/mol. The average Bonchev–Trinajstić information content (AvgIpc) is 3.20. The van der Waals surface area contributed by atoms with Gasteiger partial charge in [-0.1, -0.05) is 0 Å². The van der Waals surface area contributed by atoms with Gasteiger partial charge in [-0.2, -0.15) is 5.10 Å². The number of anilines is 4. The van der Waals surface area contributed by atoms with Crippen LogP contribution in [0.1, 0.15) is 10.4 Å². The Morgan fingerprint density at radius 3 is 2.40 bits per heavy atom. The van der Waals surface area contributed by atoms with Crippen molar-refractivity contribution in [1.82, 2.24) is 10.2 Å². The number of amides is 1. The molecule has 0 bridgehead atoms. The Morgan fingerprint density at radius 1 is 1.00 bits per heavy atom. The second-order valence-corrected chi connectivity index (χ2v) is 6.94. The fraction of sp³-hybridized carbons (Fsp3) is 0.0455. The van der Waals surface area contributed by atoms with Crippen LogP contribution in [0.2, 0.25) is 0 Å². The Kier molecular flexibility index (Phi) is 3.99. The number of fused-ring (bicyclic) bond motifs is 2. The van der Waals surface area contributed by atoms with Crippen molar-refractivity contribution in [2.75, 3.05) is 16.3 Å². The zero-order valence-corrected chi connectivity index (χ0v) is 15.5. The zero-order chi connectivity index (χ0) is 20.8. The standard InChI is InChI=1S/C22H15FN4O3/c23-15-3-7-16(8-4-15)26-12-21(28)27(17-5-1-13(2-6-17)22(29)30)20-10-18-14(9-19(20)26)11-24-25-18/h1-11H,12H2,(H,24,25)(H,29,30). The molecule has 1 amide bonds. The van der Waals surface area contributed by atoms with Crippen LogP contribution in [-0.2, 0) is 4.79 Å². The number of nitrogens with zero attached hydrogens (tertiary/aromatic N) is 3. The van der Waals surface area contributed by atoms with Crippen molar-refractivity contribution in [3.8, 4) is 0 Å². The molecule has 0 atom stereocenters. The quantitative estimate of drug-likeness (QED) is 0.536. The lowest BCUT2D eigenvalue weighted by molar-refractivity contribution is -0.116. The first-order valence-electron chi connectivity index (χ1n) is 9.18. The van der Waals surface area contributed by atoms with Crippen LogP contribution in [0.25, 0.3) is 10.9 Å². The number of hydrogen-bond donors (Lipinski definition) is 2. The number of carbonyl (C=O) groups is 2. The van der Waals surface area contributed by atoms with E-state index in [4.69, 9.17) is 5.11 Å². The highest BCUT2D eigenvalue weighted by molar-refractivity contribution is 6.12. The van der Waals surface area contributed by atoms with Gasteiger partial charge in [0.1, 0.15) is 12.4 Å². The van der Waals surface area contributed by atoms with E-state index in [1.807, 2.05) is 17.0 Å². The van der Waals surface area contributed by atoms with Crippen molar-refractivity contribution in [2.45, 2.75) is 0 Å². The van der Waals surface area contributed by atoms with Gasteiger partial charge in [0.2, 0.25) is 0 Å². The molecule has 4 aromatic rings. The van der Waals surface area contributed by atoms with Gasteiger partial charge in [-0.25, -0.2) is 9.18 Å². The molecule has 2 heterocycles. The molecular formula is C22H15FN4O3. The summed E-state index contributed by atoms with van der Waals surface area (Å²) in [5, 5.41) is 17.0. The van der Waals surface area contributed by atoms with Crippen LogP contribution in [0.4, 0.5) is 27.1 Å². The summed E-state index contributed by atoms with van der Waals surface area (Å²) in [4.78, 5) is 27.7. The first kappa shape index (κ1) is 17.9. The first-order valence-corrected chi connectivity index (χ1v) is 9.18. The second kappa shape index (κ2) is 6.70. The molecule has 0 unspecified atom stereocenters. The number of aromatic amines is 1.